The van der Waals surface area contributed by atoms with Gasteiger partial charge in [0.05, 0.1) is 18.2 Å². The van der Waals surface area contributed by atoms with Crippen LogP contribution in [-0.2, 0) is 9.59 Å². The molecule has 1 aliphatic heterocycles. The molecular weight excluding hydrogens is 397 g/mol. The van der Waals surface area contributed by atoms with Crippen molar-refractivity contribution >= 4 is 17.4 Å². The van der Waals surface area contributed by atoms with Crippen molar-refractivity contribution in [3.63, 3.8) is 0 Å². The van der Waals surface area contributed by atoms with Crippen LogP contribution in [-0.4, -0.2) is 34.3 Å². The molecule has 2 fully saturated rings. The first-order valence-corrected chi connectivity index (χ1v) is 10.8. The molecule has 1 N–H and O–H groups in total. The molecule has 1 saturated carbocycles. The van der Waals surface area contributed by atoms with Crippen LogP contribution in [0.5, 0.6) is 5.75 Å². The largest absolute Gasteiger partial charge is 0.507 e. The molecule has 1 saturated heterocycles. The Morgan fingerprint density at radius 2 is 1.71 bits per heavy atom. The fourth-order valence-electron chi connectivity index (χ4n) is 4.47. The van der Waals surface area contributed by atoms with Crippen molar-refractivity contribution in [3.8, 4) is 5.75 Å². The average molecular weight is 423 g/mol. The molecule has 0 spiro atoms. The molecule has 31 heavy (non-hydrogen) atoms. The molecule has 162 valence electrons. The fourth-order valence-corrected chi connectivity index (χ4v) is 4.47. The van der Waals surface area contributed by atoms with Gasteiger partial charge in [0, 0.05) is 11.6 Å². The maximum Gasteiger partial charge on any atom is 0.295 e. The molecule has 1 atom stereocenters. The van der Waals surface area contributed by atoms with Crippen molar-refractivity contribution in [1.29, 1.82) is 0 Å². The lowest BCUT2D eigenvalue weighted by atomic mass is 9.94. The summed E-state index contributed by atoms with van der Waals surface area (Å²) in [7, 11) is 0. The van der Waals surface area contributed by atoms with E-state index in [2.05, 4.69) is 0 Å². The average Bonchev–Trinajstić information content (AvgIpc) is 3.40. The minimum Gasteiger partial charge on any atom is -0.507 e. The van der Waals surface area contributed by atoms with E-state index in [-0.39, 0.29) is 17.4 Å². The predicted molar refractivity (Wildman–Crippen MR) is 115 cm³/mol. The number of benzene rings is 2. The van der Waals surface area contributed by atoms with Crippen LogP contribution in [0.25, 0.3) is 5.76 Å². The molecule has 2 aromatic carbocycles. The summed E-state index contributed by atoms with van der Waals surface area (Å²) in [4.78, 5) is 27.6. The molecule has 1 heterocycles. The van der Waals surface area contributed by atoms with Gasteiger partial charge in [-0.1, -0.05) is 31.9 Å². The van der Waals surface area contributed by atoms with Gasteiger partial charge in [-0.05, 0) is 61.2 Å². The SMILES string of the molecule is CCCOc1ccc(/C(O)=C2/C(=O)C(=O)N(C3CCCC3)C2c2ccc(F)cc2)cc1. The van der Waals surface area contributed by atoms with Gasteiger partial charge in [0.2, 0.25) is 0 Å². The lowest BCUT2D eigenvalue weighted by Gasteiger charge is -2.30. The second-order valence-corrected chi connectivity index (χ2v) is 8.07. The number of halogens is 1. The number of aliphatic hydroxyl groups is 1. The summed E-state index contributed by atoms with van der Waals surface area (Å²) in [6.07, 6.45) is 4.48. The van der Waals surface area contributed by atoms with Gasteiger partial charge in [-0.3, -0.25) is 9.59 Å². The van der Waals surface area contributed by atoms with Crippen molar-refractivity contribution in [3.05, 3.63) is 71.0 Å². The number of Topliss-reactive ketones (excluding diaryl/α,β-unsaturated/α-hetero) is 1. The third-order valence-corrected chi connectivity index (χ3v) is 5.98. The van der Waals surface area contributed by atoms with Gasteiger partial charge in [0.15, 0.2) is 0 Å². The van der Waals surface area contributed by atoms with Crippen LogP contribution in [0.3, 0.4) is 0 Å². The molecule has 6 heteroatoms. The summed E-state index contributed by atoms with van der Waals surface area (Å²) < 4.78 is 19.1. The van der Waals surface area contributed by atoms with Crippen molar-refractivity contribution in [2.75, 3.05) is 6.61 Å². The molecule has 0 aromatic heterocycles. The summed E-state index contributed by atoms with van der Waals surface area (Å²) in [5.41, 5.74) is 1.09. The maximum absolute atomic E-state index is 13.6. The zero-order chi connectivity index (χ0) is 22.0. The molecule has 1 amide bonds. The Bertz CT molecular complexity index is 991. The van der Waals surface area contributed by atoms with Crippen molar-refractivity contribution in [2.45, 2.75) is 51.1 Å². The van der Waals surface area contributed by atoms with Crippen molar-refractivity contribution < 1.29 is 23.8 Å². The standard InChI is InChI=1S/C25H26FNO4/c1-2-15-31-20-13-9-17(10-14-20)23(28)21-22(16-7-11-18(26)12-8-16)27(25(30)24(21)29)19-5-3-4-6-19/h7-14,19,22,28H,2-6,15H2,1H3/b23-21-. The van der Waals surface area contributed by atoms with E-state index in [1.165, 1.54) is 12.1 Å². The minimum absolute atomic E-state index is 0.0470. The first-order valence-electron chi connectivity index (χ1n) is 10.8. The lowest BCUT2D eigenvalue weighted by molar-refractivity contribution is -0.141. The van der Waals surface area contributed by atoms with Gasteiger partial charge in [-0.2, -0.15) is 0 Å². The maximum atomic E-state index is 13.6. The molecule has 4 rings (SSSR count). The van der Waals surface area contributed by atoms with E-state index in [0.29, 0.717) is 23.5 Å². The molecule has 0 bridgehead atoms. The Balaban J connectivity index is 1.78. The Hall–Kier alpha value is -3.15. The Morgan fingerprint density at radius 1 is 1.06 bits per heavy atom. The topological polar surface area (TPSA) is 66.8 Å². The van der Waals surface area contributed by atoms with Gasteiger partial charge < -0.3 is 14.7 Å². The normalized spacial score (nSPS) is 21.1. The molecule has 2 aliphatic rings. The zero-order valence-corrected chi connectivity index (χ0v) is 17.5. The van der Waals surface area contributed by atoms with E-state index in [4.69, 9.17) is 4.74 Å². The molecule has 0 radical (unpaired) electrons. The minimum atomic E-state index is -0.736. The Labute approximate surface area is 181 Å². The zero-order valence-electron chi connectivity index (χ0n) is 17.5. The van der Waals surface area contributed by atoms with E-state index in [1.54, 1.807) is 41.3 Å². The van der Waals surface area contributed by atoms with Gasteiger partial charge >= 0.3 is 0 Å². The predicted octanol–water partition coefficient (Wildman–Crippen LogP) is 4.98. The van der Waals surface area contributed by atoms with E-state index in [0.717, 1.165) is 32.1 Å². The van der Waals surface area contributed by atoms with Crippen LogP contribution in [0.1, 0.15) is 56.2 Å². The number of rotatable bonds is 6. The first-order chi connectivity index (χ1) is 15.0. The molecule has 2 aromatic rings. The number of carbonyl (C=O) groups excluding carboxylic acids is 2. The van der Waals surface area contributed by atoms with E-state index in [1.807, 2.05) is 6.92 Å². The van der Waals surface area contributed by atoms with E-state index < -0.39 is 23.5 Å². The van der Waals surface area contributed by atoms with E-state index >= 15 is 0 Å². The number of aliphatic hydroxyl groups excluding tert-OH is 1. The molecule has 5 nitrogen and oxygen atoms in total. The van der Waals surface area contributed by atoms with Gasteiger partial charge in [-0.25, -0.2) is 4.39 Å². The van der Waals surface area contributed by atoms with Crippen LogP contribution in [0, 0.1) is 5.82 Å². The third kappa shape index (κ3) is 4.07. The molecular formula is C25H26FNO4. The van der Waals surface area contributed by atoms with Crippen LogP contribution >= 0.6 is 0 Å². The summed E-state index contributed by atoms with van der Waals surface area (Å²) in [6, 6.07) is 11.8. The van der Waals surface area contributed by atoms with Crippen molar-refractivity contribution in [2.24, 2.45) is 0 Å². The van der Waals surface area contributed by atoms with Crippen LogP contribution in [0.4, 0.5) is 4.39 Å². The summed E-state index contributed by atoms with van der Waals surface area (Å²) >= 11 is 0. The summed E-state index contributed by atoms with van der Waals surface area (Å²) in [6.45, 7) is 2.60. The number of likely N-dealkylation sites (tertiary alicyclic amines) is 1. The number of ketones is 1. The second kappa shape index (κ2) is 8.92. The molecule has 1 aliphatic carbocycles. The third-order valence-electron chi connectivity index (χ3n) is 5.98. The number of ether oxygens (including phenoxy) is 1. The monoisotopic (exact) mass is 423 g/mol. The van der Waals surface area contributed by atoms with Crippen LogP contribution in [0.2, 0.25) is 0 Å². The highest BCUT2D eigenvalue weighted by Gasteiger charge is 2.49. The van der Waals surface area contributed by atoms with Crippen LogP contribution in [0.15, 0.2) is 54.1 Å². The highest BCUT2D eigenvalue weighted by molar-refractivity contribution is 6.46. The van der Waals surface area contributed by atoms with Crippen molar-refractivity contribution in [1.82, 2.24) is 4.90 Å². The number of hydrogen-bond acceptors (Lipinski definition) is 4. The first kappa shape index (κ1) is 21.1. The number of hydrogen-bond donors (Lipinski definition) is 1. The lowest BCUT2D eigenvalue weighted by Crippen LogP contribution is -2.37. The fraction of sp³-hybridized carbons (Fsp3) is 0.360. The van der Waals surface area contributed by atoms with Crippen LogP contribution < -0.4 is 4.74 Å². The van der Waals surface area contributed by atoms with Gasteiger partial charge in [0.1, 0.15) is 17.3 Å². The van der Waals surface area contributed by atoms with Gasteiger partial charge in [0.25, 0.3) is 11.7 Å². The molecule has 1 unspecified atom stereocenters. The highest BCUT2D eigenvalue weighted by Crippen LogP contribution is 2.43. The van der Waals surface area contributed by atoms with Gasteiger partial charge in [-0.15, -0.1) is 0 Å². The Morgan fingerprint density at radius 3 is 2.32 bits per heavy atom. The Kier molecular flexibility index (Phi) is 6.07. The second-order valence-electron chi connectivity index (χ2n) is 8.07. The number of carbonyl (C=O) groups is 2. The highest BCUT2D eigenvalue weighted by atomic mass is 19.1. The smallest absolute Gasteiger partial charge is 0.295 e. The quantitative estimate of drug-likeness (QED) is 0.404. The van der Waals surface area contributed by atoms with E-state index in [9.17, 15) is 19.1 Å². The number of amides is 1. The summed E-state index contributed by atoms with van der Waals surface area (Å²) in [5.74, 6) is -1.27. The summed E-state index contributed by atoms with van der Waals surface area (Å²) in [5, 5.41) is 11.1. The number of nitrogens with zero attached hydrogens (tertiary/aromatic N) is 1.